The third-order valence-corrected chi connectivity index (χ3v) is 2.52. The molecular weight excluding hydrogens is 211 g/mol. The van der Waals surface area contributed by atoms with Gasteiger partial charge in [0.15, 0.2) is 0 Å². The van der Waals surface area contributed by atoms with Gasteiger partial charge in [0.2, 0.25) is 5.91 Å². The van der Waals surface area contributed by atoms with E-state index in [2.05, 4.69) is 11.8 Å². The number of likely N-dealkylation sites (N-methyl/N-ethyl adjacent to an activating group) is 1. The van der Waals surface area contributed by atoms with E-state index in [1.54, 1.807) is 0 Å². The van der Waals surface area contributed by atoms with Crippen molar-refractivity contribution in [1.29, 1.82) is 0 Å². The van der Waals surface area contributed by atoms with Crippen LogP contribution in [0.25, 0.3) is 0 Å². The van der Waals surface area contributed by atoms with Gasteiger partial charge in [-0.05, 0) is 6.54 Å². The molecule has 1 amide bonds. The number of rotatable bonds is 2. The van der Waals surface area contributed by atoms with Crippen LogP contribution in [0, 0.1) is 0 Å². The van der Waals surface area contributed by atoms with Crippen LogP contribution in [0.3, 0.4) is 0 Å². The number of hydrogen-bond donors (Lipinski definition) is 0. The summed E-state index contributed by atoms with van der Waals surface area (Å²) in [6, 6.07) is 0. The van der Waals surface area contributed by atoms with Crippen molar-refractivity contribution in [2.45, 2.75) is 6.92 Å². The molecule has 0 spiro atoms. The SMILES string of the molecule is CCN1CCN(C(=O)CCl)CC1.Cl. The van der Waals surface area contributed by atoms with Crippen molar-refractivity contribution >= 4 is 29.9 Å². The summed E-state index contributed by atoms with van der Waals surface area (Å²) in [5.74, 6) is 0.180. The first-order chi connectivity index (χ1) is 5.77. The van der Waals surface area contributed by atoms with E-state index in [0.717, 1.165) is 32.7 Å². The zero-order valence-electron chi connectivity index (χ0n) is 7.83. The molecule has 1 saturated heterocycles. The lowest BCUT2D eigenvalue weighted by molar-refractivity contribution is -0.130. The van der Waals surface area contributed by atoms with Gasteiger partial charge in [-0.25, -0.2) is 0 Å². The zero-order valence-corrected chi connectivity index (χ0v) is 9.40. The first-order valence-electron chi connectivity index (χ1n) is 4.34. The van der Waals surface area contributed by atoms with Crippen LogP contribution in [0.5, 0.6) is 0 Å². The molecule has 13 heavy (non-hydrogen) atoms. The van der Waals surface area contributed by atoms with Gasteiger partial charge in [-0.1, -0.05) is 6.92 Å². The Balaban J connectivity index is 0.00000144. The third-order valence-electron chi connectivity index (χ3n) is 2.29. The highest BCUT2D eigenvalue weighted by molar-refractivity contribution is 6.27. The summed E-state index contributed by atoms with van der Waals surface area (Å²) in [4.78, 5) is 15.3. The van der Waals surface area contributed by atoms with E-state index in [9.17, 15) is 4.79 Å². The summed E-state index contributed by atoms with van der Waals surface area (Å²) in [6.45, 7) is 6.85. The summed E-state index contributed by atoms with van der Waals surface area (Å²) < 4.78 is 0. The standard InChI is InChI=1S/C8H15ClN2O.ClH/c1-2-10-3-5-11(6-4-10)8(12)7-9;/h2-7H2,1H3;1H. The highest BCUT2D eigenvalue weighted by Gasteiger charge is 2.18. The van der Waals surface area contributed by atoms with E-state index in [4.69, 9.17) is 11.6 Å². The number of halogens is 2. The van der Waals surface area contributed by atoms with Crippen LogP contribution >= 0.6 is 24.0 Å². The minimum Gasteiger partial charge on any atom is -0.339 e. The lowest BCUT2D eigenvalue weighted by Crippen LogP contribution is -2.48. The number of nitrogens with zero attached hydrogens (tertiary/aromatic N) is 2. The Kier molecular flexibility index (Phi) is 6.47. The van der Waals surface area contributed by atoms with Gasteiger partial charge in [-0.2, -0.15) is 0 Å². The molecule has 0 unspecified atom stereocenters. The maximum absolute atomic E-state index is 11.1. The van der Waals surface area contributed by atoms with Gasteiger partial charge < -0.3 is 9.80 Å². The maximum atomic E-state index is 11.1. The van der Waals surface area contributed by atoms with Gasteiger partial charge in [0.1, 0.15) is 5.88 Å². The van der Waals surface area contributed by atoms with Crippen molar-refractivity contribution in [2.75, 3.05) is 38.6 Å². The summed E-state index contributed by atoms with van der Waals surface area (Å²) in [7, 11) is 0. The van der Waals surface area contributed by atoms with Crippen molar-refractivity contribution in [3.05, 3.63) is 0 Å². The Morgan fingerprint density at radius 3 is 2.23 bits per heavy atom. The van der Waals surface area contributed by atoms with E-state index in [0.29, 0.717) is 0 Å². The molecule has 3 nitrogen and oxygen atoms in total. The average molecular weight is 227 g/mol. The van der Waals surface area contributed by atoms with E-state index in [-0.39, 0.29) is 24.2 Å². The van der Waals surface area contributed by atoms with Crippen molar-refractivity contribution < 1.29 is 4.79 Å². The molecule has 0 atom stereocenters. The van der Waals surface area contributed by atoms with Gasteiger partial charge in [0.05, 0.1) is 0 Å². The second-order valence-electron chi connectivity index (χ2n) is 2.95. The van der Waals surface area contributed by atoms with Crippen molar-refractivity contribution in [1.82, 2.24) is 9.80 Å². The largest absolute Gasteiger partial charge is 0.339 e. The molecule has 78 valence electrons. The van der Waals surface area contributed by atoms with E-state index in [1.165, 1.54) is 0 Å². The van der Waals surface area contributed by atoms with Gasteiger partial charge in [0.25, 0.3) is 0 Å². The molecule has 1 aliphatic rings. The smallest absolute Gasteiger partial charge is 0.237 e. The number of carbonyl (C=O) groups is 1. The van der Waals surface area contributed by atoms with Crippen LogP contribution in [0.1, 0.15) is 6.92 Å². The normalized spacial score (nSPS) is 18.2. The molecule has 1 fully saturated rings. The lowest BCUT2D eigenvalue weighted by Gasteiger charge is -2.33. The van der Waals surface area contributed by atoms with Crippen molar-refractivity contribution in [3.63, 3.8) is 0 Å². The lowest BCUT2D eigenvalue weighted by atomic mass is 10.3. The second-order valence-corrected chi connectivity index (χ2v) is 3.22. The first-order valence-corrected chi connectivity index (χ1v) is 4.87. The predicted molar refractivity (Wildman–Crippen MR) is 56.7 cm³/mol. The Hall–Kier alpha value is 0.01000. The first kappa shape index (κ1) is 13.0. The number of piperazine rings is 1. The molecule has 1 rings (SSSR count). The topological polar surface area (TPSA) is 23.6 Å². The molecule has 0 aromatic heterocycles. The molecule has 1 heterocycles. The second kappa shape index (κ2) is 6.46. The Bertz CT molecular complexity index is 158. The molecule has 0 aliphatic carbocycles. The van der Waals surface area contributed by atoms with Crippen LogP contribution in [-0.4, -0.2) is 54.3 Å². The Labute approximate surface area is 90.4 Å². The minimum atomic E-state index is 0. The summed E-state index contributed by atoms with van der Waals surface area (Å²) in [5.41, 5.74) is 0. The molecular formula is C8H16Cl2N2O. The van der Waals surface area contributed by atoms with Crippen molar-refractivity contribution in [2.24, 2.45) is 0 Å². The van der Waals surface area contributed by atoms with Gasteiger partial charge >= 0.3 is 0 Å². The van der Waals surface area contributed by atoms with E-state index in [1.807, 2.05) is 4.90 Å². The highest BCUT2D eigenvalue weighted by Crippen LogP contribution is 2.01. The Morgan fingerprint density at radius 2 is 1.85 bits per heavy atom. The number of carbonyl (C=O) groups excluding carboxylic acids is 1. The van der Waals surface area contributed by atoms with E-state index >= 15 is 0 Å². The average Bonchev–Trinajstić information content (AvgIpc) is 2.17. The fourth-order valence-corrected chi connectivity index (χ4v) is 1.57. The predicted octanol–water partition coefficient (Wildman–Crippen LogP) is 0.811. The summed E-state index contributed by atoms with van der Waals surface area (Å²) in [5, 5.41) is 0. The fourth-order valence-electron chi connectivity index (χ4n) is 1.40. The maximum Gasteiger partial charge on any atom is 0.237 e. The minimum absolute atomic E-state index is 0. The number of hydrogen-bond acceptors (Lipinski definition) is 2. The number of alkyl halides is 1. The molecule has 1 aliphatic heterocycles. The fraction of sp³-hybridized carbons (Fsp3) is 0.875. The van der Waals surface area contributed by atoms with Crippen molar-refractivity contribution in [3.8, 4) is 0 Å². The molecule has 0 N–H and O–H groups in total. The zero-order chi connectivity index (χ0) is 8.97. The van der Waals surface area contributed by atoms with Crippen LogP contribution in [0.15, 0.2) is 0 Å². The number of amides is 1. The van der Waals surface area contributed by atoms with Gasteiger partial charge in [-0.3, -0.25) is 4.79 Å². The highest BCUT2D eigenvalue weighted by atomic mass is 35.5. The molecule has 0 radical (unpaired) electrons. The molecule has 0 bridgehead atoms. The summed E-state index contributed by atoms with van der Waals surface area (Å²) in [6.07, 6.45) is 0. The van der Waals surface area contributed by atoms with Gasteiger partial charge in [-0.15, -0.1) is 24.0 Å². The van der Waals surface area contributed by atoms with Crippen LogP contribution in [-0.2, 0) is 4.79 Å². The quantitative estimate of drug-likeness (QED) is 0.652. The van der Waals surface area contributed by atoms with Gasteiger partial charge in [0, 0.05) is 26.2 Å². The molecule has 0 aromatic carbocycles. The van der Waals surface area contributed by atoms with E-state index < -0.39 is 0 Å². The monoisotopic (exact) mass is 226 g/mol. The Morgan fingerprint density at radius 1 is 1.31 bits per heavy atom. The third kappa shape index (κ3) is 3.71. The van der Waals surface area contributed by atoms with Crippen LogP contribution < -0.4 is 0 Å². The molecule has 0 aromatic rings. The van der Waals surface area contributed by atoms with Crippen LogP contribution in [0.2, 0.25) is 0 Å². The summed E-state index contributed by atoms with van der Waals surface area (Å²) >= 11 is 5.45. The molecule has 0 saturated carbocycles. The molecule has 5 heteroatoms. The van der Waals surface area contributed by atoms with Crippen LogP contribution in [0.4, 0.5) is 0 Å².